The molecule has 3 nitrogen and oxygen atoms in total. The van der Waals surface area contributed by atoms with Crippen molar-refractivity contribution in [3.8, 4) is 12.3 Å². The van der Waals surface area contributed by atoms with E-state index in [0.717, 1.165) is 47.1 Å². The Balaban J connectivity index is 2.09. The summed E-state index contributed by atoms with van der Waals surface area (Å²) in [6.07, 6.45) is 10.7. The molecule has 0 bridgehead atoms. The molecule has 0 spiro atoms. The highest BCUT2D eigenvalue weighted by atomic mass is 32.1. The summed E-state index contributed by atoms with van der Waals surface area (Å²) in [5, 5.41) is 0. The van der Waals surface area contributed by atoms with Gasteiger partial charge in [0.2, 0.25) is 0 Å². The first-order chi connectivity index (χ1) is 10.7. The number of aromatic nitrogens is 1. The van der Waals surface area contributed by atoms with Gasteiger partial charge < -0.3 is 4.57 Å². The molecule has 1 aromatic carbocycles. The number of hydrogen-bond donors (Lipinski definition) is 0. The predicted molar refractivity (Wildman–Crippen MR) is 90.6 cm³/mol. The van der Waals surface area contributed by atoms with E-state index in [1.54, 1.807) is 11.3 Å². The summed E-state index contributed by atoms with van der Waals surface area (Å²) in [6.45, 7) is 2.58. The van der Waals surface area contributed by atoms with Crippen molar-refractivity contribution in [3.63, 3.8) is 0 Å². The molecule has 0 unspecified atom stereocenters. The number of carbonyl (C=O) groups excluding carboxylic acids is 1. The number of carbonyl (C=O) groups is 1. The summed E-state index contributed by atoms with van der Waals surface area (Å²) in [5.41, 5.74) is 2.35. The van der Waals surface area contributed by atoms with Crippen LogP contribution in [0.4, 0.5) is 0 Å². The quantitative estimate of drug-likeness (QED) is 0.799. The van der Waals surface area contributed by atoms with Gasteiger partial charge in [0, 0.05) is 5.92 Å². The third-order valence-corrected chi connectivity index (χ3v) is 5.36. The average Bonchev–Trinajstić information content (AvgIpc) is 3.16. The fraction of sp³-hybridized carbons (Fsp3) is 0.444. The average molecular weight is 312 g/mol. The van der Waals surface area contributed by atoms with E-state index in [-0.39, 0.29) is 11.8 Å². The zero-order valence-corrected chi connectivity index (χ0v) is 13.7. The van der Waals surface area contributed by atoms with E-state index in [0.29, 0.717) is 6.54 Å². The zero-order valence-electron chi connectivity index (χ0n) is 12.8. The molecule has 1 amide bonds. The molecule has 22 heavy (non-hydrogen) atoms. The van der Waals surface area contributed by atoms with Gasteiger partial charge in [0.1, 0.15) is 0 Å². The van der Waals surface area contributed by atoms with E-state index in [9.17, 15) is 4.79 Å². The second-order valence-electron chi connectivity index (χ2n) is 5.76. The standard InChI is InChI=1S/C18H20N2OS/c1-3-11-20-15-10-9-13(4-2)12-16(15)22-18(20)19-17(21)14-7-5-6-8-14/h1,9-10,12,14H,4-8,11H2,2H3. The molecule has 0 atom stereocenters. The van der Waals surface area contributed by atoms with Crippen LogP contribution in [0.25, 0.3) is 10.2 Å². The topological polar surface area (TPSA) is 34.4 Å². The number of amides is 1. The Hall–Kier alpha value is -1.86. The van der Waals surface area contributed by atoms with Crippen molar-refractivity contribution in [3.05, 3.63) is 28.6 Å². The lowest BCUT2D eigenvalue weighted by molar-refractivity contribution is -0.121. The monoisotopic (exact) mass is 312 g/mol. The Bertz CT molecular complexity index is 801. The number of aryl methyl sites for hydroxylation is 1. The predicted octanol–water partition coefficient (Wildman–Crippen LogP) is 3.52. The van der Waals surface area contributed by atoms with E-state index >= 15 is 0 Å². The number of fused-ring (bicyclic) bond motifs is 1. The number of terminal acetylenes is 1. The fourth-order valence-electron chi connectivity index (χ4n) is 3.03. The highest BCUT2D eigenvalue weighted by molar-refractivity contribution is 7.16. The van der Waals surface area contributed by atoms with Crippen molar-refractivity contribution in [1.29, 1.82) is 0 Å². The SMILES string of the molecule is C#CCn1c(=NC(=O)C2CCCC2)sc2cc(CC)ccc21. The smallest absolute Gasteiger partial charge is 0.251 e. The van der Waals surface area contributed by atoms with Crippen LogP contribution in [0.15, 0.2) is 23.2 Å². The van der Waals surface area contributed by atoms with E-state index in [4.69, 9.17) is 6.42 Å². The van der Waals surface area contributed by atoms with Crippen LogP contribution in [0.3, 0.4) is 0 Å². The van der Waals surface area contributed by atoms with Gasteiger partial charge in [-0.1, -0.05) is 43.1 Å². The summed E-state index contributed by atoms with van der Waals surface area (Å²) < 4.78 is 3.12. The summed E-state index contributed by atoms with van der Waals surface area (Å²) in [7, 11) is 0. The largest absolute Gasteiger partial charge is 0.305 e. The van der Waals surface area contributed by atoms with Crippen LogP contribution in [0.2, 0.25) is 0 Å². The van der Waals surface area contributed by atoms with E-state index < -0.39 is 0 Å². The lowest BCUT2D eigenvalue weighted by atomic mass is 10.1. The first-order valence-electron chi connectivity index (χ1n) is 7.87. The molecule has 114 valence electrons. The molecule has 1 aromatic heterocycles. The molecule has 3 rings (SSSR count). The molecular formula is C18H20N2OS. The minimum Gasteiger partial charge on any atom is -0.305 e. The normalized spacial score (nSPS) is 16.3. The molecule has 1 fully saturated rings. The third-order valence-electron chi connectivity index (χ3n) is 4.32. The molecule has 0 radical (unpaired) electrons. The maximum atomic E-state index is 12.3. The Labute approximate surface area is 134 Å². The first-order valence-corrected chi connectivity index (χ1v) is 8.69. The lowest BCUT2D eigenvalue weighted by Gasteiger charge is -2.03. The molecule has 0 saturated heterocycles. The van der Waals surface area contributed by atoms with Gasteiger partial charge in [-0.05, 0) is 37.0 Å². The first kappa shape index (κ1) is 15.1. The fourth-order valence-corrected chi connectivity index (χ4v) is 4.12. The van der Waals surface area contributed by atoms with Crippen LogP contribution < -0.4 is 4.80 Å². The highest BCUT2D eigenvalue weighted by Crippen LogP contribution is 2.26. The van der Waals surface area contributed by atoms with Gasteiger partial charge in [0.25, 0.3) is 5.91 Å². The summed E-state index contributed by atoms with van der Waals surface area (Å²) in [4.78, 5) is 17.5. The molecular weight excluding hydrogens is 292 g/mol. The lowest BCUT2D eigenvalue weighted by Crippen LogP contribution is -2.19. The maximum Gasteiger partial charge on any atom is 0.251 e. The number of thiazole rings is 1. The van der Waals surface area contributed by atoms with Crippen LogP contribution in [0.5, 0.6) is 0 Å². The Morgan fingerprint density at radius 2 is 2.23 bits per heavy atom. The van der Waals surface area contributed by atoms with Gasteiger partial charge in [-0.3, -0.25) is 4.79 Å². The van der Waals surface area contributed by atoms with Crippen molar-refractivity contribution < 1.29 is 4.79 Å². The third kappa shape index (κ3) is 2.86. The molecule has 1 aliphatic carbocycles. The Kier molecular flexibility index (Phi) is 4.44. The minimum atomic E-state index is 0.0190. The molecule has 2 aromatic rings. The van der Waals surface area contributed by atoms with Crippen LogP contribution in [-0.4, -0.2) is 10.5 Å². The maximum absolute atomic E-state index is 12.3. The van der Waals surface area contributed by atoms with Crippen LogP contribution in [0.1, 0.15) is 38.2 Å². The van der Waals surface area contributed by atoms with Crippen molar-refractivity contribution in [2.45, 2.75) is 45.6 Å². The van der Waals surface area contributed by atoms with Gasteiger partial charge >= 0.3 is 0 Å². The van der Waals surface area contributed by atoms with E-state index in [1.165, 1.54) is 5.56 Å². The van der Waals surface area contributed by atoms with Gasteiger partial charge in [0.15, 0.2) is 4.80 Å². The van der Waals surface area contributed by atoms with Gasteiger partial charge in [-0.15, -0.1) is 6.42 Å². The summed E-state index contributed by atoms with van der Waals surface area (Å²) in [6, 6.07) is 6.37. The molecule has 1 aliphatic rings. The number of nitrogens with zero attached hydrogens (tertiary/aromatic N) is 2. The zero-order chi connectivity index (χ0) is 15.5. The van der Waals surface area contributed by atoms with Gasteiger partial charge in [-0.25, -0.2) is 0 Å². The molecule has 0 N–H and O–H groups in total. The number of benzene rings is 1. The van der Waals surface area contributed by atoms with Crippen molar-refractivity contribution in [1.82, 2.24) is 4.57 Å². The van der Waals surface area contributed by atoms with Crippen LogP contribution in [0, 0.1) is 18.3 Å². The van der Waals surface area contributed by atoms with Gasteiger partial charge in [-0.2, -0.15) is 4.99 Å². The Morgan fingerprint density at radius 1 is 1.45 bits per heavy atom. The minimum absolute atomic E-state index is 0.0190. The van der Waals surface area contributed by atoms with Crippen LogP contribution in [-0.2, 0) is 17.8 Å². The molecule has 1 heterocycles. The van der Waals surface area contributed by atoms with E-state index in [2.05, 4.69) is 36.0 Å². The molecule has 0 aliphatic heterocycles. The number of hydrogen-bond acceptors (Lipinski definition) is 2. The molecule has 1 saturated carbocycles. The Morgan fingerprint density at radius 3 is 2.91 bits per heavy atom. The number of rotatable bonds is 3. The summed E-state index contributed by atoms with van der Waals surface area (Å²) >= 11 is 1.56. The second-order valence-corrected chi connectivity index (χ2v) is 6.77. The second kappa shape index (κ2) is 6.50. The van der Waals surface area contributed by atoms with Crippen molar-refractivity contribution in [2.24, 2.45) is 10.9 Å². The van der Waals surface area contributed by atoms with Crippen molar-refractivity contribution in [2.75, 3.05) is 0 Å². The van der Waals surface area contributed by atoms with E-state index in [1.807, 2.05) is 4.57 Å². The van der Waals surface area contributed by atoms with Gasteiger partial charge in [0.05, 0.1) is 16.8 Å². The molecule has 4 heteroatoms. The van der Waals surface area contributed by atoms with Crippen LogP contribution >= 0.6 is 11.3 Å². The highest BCUT2D eigenvalue weighted by Gasteiger charge is 2.22. The van der Waals surface area contributed by atoms with Crippen molar-refractivity contribution >= 4 is 27.5 Å². The summed E-state index contributed by atoms with van der Waals surface area (Å²) in [5.74, 6) is 2.80.